The summed E-state index contributed by atoms with van der Waals surface area (Å²) >= 11 is 0. The number of ether oxygens (including phenoxy) is 1. The molecule has 0 amide bonds. The van der Waals surface area contributed by atoms with Crippen LogP contribution in [0.4, 0.5) is 0 Å². The molecule has 0 heterocycles. The minimum Gasteiger partial charge on any atom is -0.454 e. The van der Waals surface area contributed by atoms with Gasteiger partial charge in [0.1, 0.15) is 6.10 Å². The number of esters is 1. The standard InChI is InChI=1S/C17H22O4/c1-11-9-13(18)15(19)17(2,3)10-14(11)21-16(20)12-7-5-4-6-8-12/h4-9,13-15,18-19H,10H2,1-3H3. The van der Waals surface area contributed by atoms with Crippen LogP contribution in [0.1, 0.15) is 37.6 Å². The summed E-state index contributed by atoms with van der Waals surface area (Å²) in [5.41, 5.74) is 0.708. The summed E-state index contributed by atoms with van der Waals surface area (Å²) in [4.78, 5) is 12.2. The first-order valence-electron chi connectivity index (χ1n) is 7.12. The summed E-state index contributed by atoms with van der Waals surface area (Å²) in [6, 6.07) is 8.80. The highest BCUT2D eigenvalue weighted by Gasteiger charge is 2.39. The van der Waals surface area contributed by atoms with E-state index in [0.717, 1.165) is 5.57 Å². The van der Waals surface area contributed by atoms with E-state index >= 15 is 0 Å². The van der Waals surface area contributed by atoms with E-state index in [0.29, 0.717) is 12.0 Å². The SMILES string of the molecule is CC1=CC(O)C(O)C(C)(C)CC1OC(=O)c1ccccc1. The van der Waals surface area contributed by atoms with Crippen LogP contribution in [0.3, 0.4) is 0 Å². The van der Waals surface area contributed by atoms with Crippen LogP contribution < -0.4 is 0 Å². The van der Waals surface area contributed by atoms with Gasteiger partial charge in [0.05, 0.1) is 17.8 Å². The molecule has 1 aliphatic carbocycles. The van der Waals surface area contributed by atoms with Gasteiger partial charge in [-0.15, -0.1) is 0 Å². The molecule has 4 heteroatoms. The van der Waals surface area contributed by atoms with E-state index in [1.54, 1.807) is 37.3 Å². The van der Waals surface area contributed by atoms with Crippen molar-refractivity contribution in [3.05, 3.63) is 47.5 Å². The Morgan fingerprint density at radius 3 is 2.48 bits per heavy atom. The molecule has 1 aliphatic rings. The third-order valence-corrected chi connectivity index (χ3v) is 4.04. The lowest BCUT2D eigenvalue weighted by atomic mass is 9.80. The van der Waals surface area contributed by atoms with E-state index in [2.05, 4.69) is 0 Å². The highest BCUT2D eigenvalue weighted by atomic mass is 16.5. The Hall–Kier alpha value is -1.65. The Kier molecular flexibility index (Phi) is 4.49. The molecule has 2 N–H and O–H groups in total. The fraction of sp³-hybridized carbons (Fsp3) is 0.471. The Balaban J connectivity index is 2.19. The fourth-order valence-electron chi connectivity index (χ4n) is 2.60. The number of benzene rings is 1. The van der Waals surface area contributed by atoms with E-state index in [1.165, 1.54) is 0 Å². The van der Waals surface area contributed by atoms with Crippen LogP contribution in [0.2, 0.25) is 0 Å². The van der Waals surface area contributed by atoms with E-state index in [1.807, 2.05) is 19.9 Å². The molecule has 0 saturated carbocycles. The van der Waals surface area contributed by atoms with Crippen molar-refractivity contribution in [2.75, 3.05) is 0 Å². The molecule has 3 atom stereocenters. The molecule has 2 rings (SSSR count). The summed E-state index contributed by atoms with van der Waals surface area (Å²) in [6.45, 7) is 5.52. The lowest BCUT2D eigenvalue weighted by molar-refractivity contribution is -0.0428. The van der Waals surface area contributed by atoms with Crippen LogP contribution in [-0.2, 0) is 4.74 Å². The van der Waals surface area contributed by atoms with Gasteiger partial charge in [-0.2, -0.15) is 0 Å². The first-order chi connectivity index (χ1) is 9.81. The number of rotatable bonds is 2. The second-order valence-corrected chi connectivity index (χ2v) is 6.30. The summed E-state index contributed by atoms with van der Waals surface area (Å²) in [7, 11) is 0. The van der Waals surface area contributed by atoms with Gasteiger partial charge in [-0.3, -0.25) is 0 Å². The molecule has 4 nitrogen and oxygen atoms in total. The highest BCUT2D eigenvalue weighted by Crippen LogP contribution is 2.35. The molecule has 1 aromatic carbocycles. The van der Waals surface area contributed by atoms with E-state index in [9.17, 15) is 15.0 Å². The zero-order valence-corrected chi connectivity index (χ0v) is 12.6. The summed E-state index contributed by atoms with van der Waals surface area (Å²) in [6.07, 6.45) is -0.234. The van der Waals surface area contributed by atoms with Gasteiger partial charge in [0, 0.05) is 0 Å². The minimum atomic E-state index is -0.944. The number of aliphatic hydroxyl groups excluding tert-OH is 2. The lowest BCUT2D eigenvalue weighted by Crippen LogP contribution is -2.39. The largest absolute Gasteiger partial charge is 0.454 e. The predicted molar refractivity (Wildman–Crippen MR) is 79.8 cm³/mol. The summed E-state index contributed by atoms with van der Waals surface area (Å²) in [5, 5.41) is 20.1. The van der Waals surface area contributed by atoms with Crippen LogP contribution in [0.15, 0.2) is 42.0 Å². The van der Waals surface area contributed by atoms with Crippen molar-refractivity contribution in [1.29, 1.82) is 0 Å². The zero-order chi connectivity index (χ0) is 15.6. The molecule has 0 saturated heterocycles. The van der Waals surface area contributed by atoms with Crippen LogP contribution in [0.5, 0.6) is 0 Å². The Bertz CT molecular complexity index is 533. The lowest BCUT2D eigenvalue weighted by Gasteiger charge is -2.32. The van der Waals surface area contributed by atoms with E-state index in [-0.39, 0.29) is 0 Å². The molecule has 0 aliphatic heterocycles. The fourth-order valence-corrected chi connectivity index (χ4v) is 2.60. The topological polar surface area (TPSA) is 66.8 Å². The Morgan fingerprint density at radius 2 is 1.86 bits per heavy atom. The normalized spacial score (nSPS) is 28.4. The molecule has 0 bridgehead atoms. The molecular formula is C17H22O4. The zero-order valence-electron chi connectivity index (χ0n) is 12.6. The molecule has 0 fully saturated rings. The van der Waals surface area contributed by atoms with Gasteiger partial charge in [-0.05, 0) is 36.5 Å². The maximum absolute atomic E-state index is 12.2. The third-order valence-electron chi connectivity index (χ3n) is 4.04. The molecule has 0 aromatic heterocycles. The molecule has 21 heavy (non-hydrogen) atoms. The number of hydrogen-bond donors (Lipinski definition) is 2. The number of carbonyl (C=O) groups excluding carboxylic acids is 1. The van der Waals surface area contributed by atoms with Crippen molar-refractivity contribution < 1.29 is 19.7 Å². The Labute approximate surface area is 125 Å². The van der Waals surface area contributed by atoms with Gasteiger partial charge in [0.15, 0.2) is 0 Å². The Morgan fingerprint density at radius 1 is 1.24 bits per heavy atom. The number of aliphatic hydroxyl groups is 2. The van der Waals surface area contributed by atoms with Crippen LogP contribution >= 0.6 is 0 Å². The number of carbonyl (C=O) groups is 1. The van der Waals surface area contributed by atoms with Gasteiger partial charge in [-0.25, -0.2) is 4.79 Å². The van der Waals surface area contributed by atoms with Crippen LogP contribution in [0, 0.1) is 5.41 Å². The first kappa shape index (κ1) is 15.7. The quantitative estimate of drug-likeness (QED) is 0.648. The molecule has 3 unspecified atom stereocenters. The molecule has 0 spiro atoms. The van der Waals surface area contributed by atoms with Crippen molar-refractivity contribution in [3.8, 4) is 0 Å². The first-order valence-corrected chi connectivity index (χ1v) is 7.12. The summed E-state index contributed by atoms with van der Waals surface area (Å²) in [5.74, 6) is -0.393. The maximum Gasteiger partial charge on any atom is 0.338 e. The van der Waals surface area contributed by atoms with Crippen molar-refractivity contribution >= 4 is 5.97 Å². The monoisotopic (exact) mass is 290 g/mol. The number of hydrogen-bond acceptors (Lipinski definition) is 4. The third kappa shape index (κ3) is 3.52. The average Bonchev–Trinajstić information content (AvgIpc) is 2.51. The van der Waals surface area contributed by atoms with Gasteiger partial charge in [-0.1, -0.05) is 38.1 Å². The van der Waals surface area contributed by atoms with Crippen molar-refractivity contribution in [1.82, 2.24) is 0 Å². The molecule has 114 valence electrons. The van der Waals surface area contributed by atoms with Crippen LogP contribution in [0.25, 0.3) is 0 Å². The second-order valence-electron chi connectivity index (χ2n) is 6.30. The van der Waals surface area contributed by atoms with E-state index in [4.69, 9.17) is 4.74 Å². The second kappa shape index (κ2) is 6.00. The van der Waals surface area contributed by atoms with Crippen molar-refractivity contribution in [2.24, 2.45) is 5.41 Å². The highest BCUT2D eigenvalue weighted by molar-refractivity contribution is 5.89. The maximum atomic E-state index is 12.2. The van der Waals surface area contributed by atoms with Gasteiger partial charge < -0.3 is 14.9 Å². The molecular weight excluding hydrogens is 268 g/mol. The van der Waals surface area contributed by atoms with Crippen molar-refractivity contribution in [2.45, 2.75) is 45.5 Å². The predicted octanol–water partition coefficient (Wildman–Crippen LogP) is 2.31. The van der Waals surface area contributed by atoms with Gasteiger partial charge in [0.2, 0.25) is 0 Å². The molecule has 0 radical (unpaired) electrons. The van der Waals surface area contributed by atoms with Crippen LogP contribution in [-0.4, -0.2) is 34.5 Å². The summed E-state index contributed by atoms with van der Waals surface area (Å²) < 4.78 is 5.57. The van der Waals surface area contributed by atoms with E-state index < -0.39 is 29.7 Å². The van der Waals surface area contributed by atoms with Gasteiger partial charge in [0.25, 0.3) is 0 Å². The van der Waals surface area contributed by atoms with Crippen molar-refractivity contribution in [3.63, 3.8) is 0 Å². The van der Waals surface area contributed by atoms with Gasteiger partial charge >= 0.3 is 5.97 Å². The molecule has 1 aromatic rings. The smallest absolute Gasteiger partial charge is 0.338 e. The average molecular weight is 290 g/mol. The minimum absolute atomic E-state index is 0.393.